The summed E-state index contributed by atoms with van der Waals surface area (Å²) in [5.74, 6) is 1.53. The molecule has 3 aromatic rings. The van der Waals surface area contributed by atoms with Gasteiger partial charge in [0.25, 0.3) is 0 Å². The minimum atomic E-state index is -3.67. The molecular formula is C17H16N4O3S. The summed E-state index contributed by atoms with van der Waals surface area (Å²) >= 11 is 0. The minimum Gasteiger partial charge on any atom is -0.339 e. The molecule has 4 rings (SSSR count). The highest BCUT2D eigenvalue weighted by Crippen LogP contribution is 2.54. The molecule has 1 aromatic carbocycles. The zero-order valence-electron chi connectivity index (χ0n) is 13.5. The maximum Gasteiger partial charge on any atom is 0.238 e. The Labute approximate surface area is 145 Å². The lowest BCUT2D eigenvalue weighted by atomic mass is 10.1. The Morgan fingerprint density at radius 1 is 1.16 bits per heavy atom. The van der Waals surface area contributed by atoms with Gasteiger partial charge in [0, 0.05) is 23.4 Å². The molecule has 1 aliphatic carbocycles. The molecule has 2 aromatic heterocycles. The highest BCUT2D eigenvalue weighted by molar-refractivity contribution is 7.89. The topological polar surface area (TPSA) is 112 Å². The molecule has 2 atom stereocenters. The SMILES string of the molecule is Cc1ncccc1-c1noc([C@@H]2C[C@H]2c2ccc(S(N)(=O)=O)cc2)n1. The summed E-state index contributed by atoms with van der Waals surface area (Å²) in [7, 11) is -3.67. The first-order valence-corrected chi connectivity index (χ1v) is 9.36. The number of primary sulfonamides is 1. The van der Waals surface area contributed by atoms with Crippen molar-refractivity contribution in [3.63, 3.8) is 0 Å². The van der Waals surface area contributed by atoms with Crippen molar-refractivity contribution < 1.29 is 12.9 Å². The van der Waals surface area contributed by atoms with Crippen LogP contribution in [0.25, 0.3) is 11.4 Å². The predicted molar refractivity (Wildman–Crippen MR) is 90.2 cm³/mol. The Morgan fingerprint density at radius 2 is 1.92 bits per heavy atom. The number of nitrogens with zero attached hydrogens (tertiary/aromatic N) is 3. The molecule has 0 saturated heterocycles. The number of benzene rings is 1. The number of aryl methyl sites for hydroxylation is 1. The Bertz CT molecular complexity index is 1030. The van der Waals surface area contributed by atoms with Gasteiger partial charge in [-0.05, 0) is 49.1 Å². The lowest BCUT2D eigenvalue weighted by Crippen LogP contribution is -2.11. The van der Waals surface area contributed by atoms with Crippen LogP contribution in [0, 0.1) is 6.92 Å². The van der Waals surface area contributed by atoms with Crippen LogP contribution in [0.3, 0.4) is 0 Å². The van der Waals surface area contributed by atoms with Gasteiger partial charge in [0.15, 0.2) is 0 Å². The van der Waals surface area contributed by atoms with Gasteiger partial charge in [0.2, 0.25) is 21.7 Å². The Morgan fingerprint density at radius 3 is 2.60 bits per heavy atom. The van der Waals surface area contributed by atoms with E-state index < -0.39 is 10.0 Å². The van der Waals surface area contributed by atoms with E-state index in [-0.39, 0.29) is 16.7 Å². The zero-order valence-corrected chi connectivity index (χ0v) is 14.3. The first-order valence-electron chi connectivity index (χ1n) is 7.82. The largest absolute Gasteiger partial charge is 0.339 e. The molecule has 25 heavy (non-hydrogen) atoms. The van der Waals surface area contributed by atoms with Crippen molar-refractivity contribution in [1.29, 1.82) is 0 Å². The summed E-state index contributed by atoms with van der Waals surface area (Å²) in [6, 6.07) is 10.4. The lowest BCUT2D eigenvalue weighted by Gasteiger charge is -2.01. The van der Waals surface area contributed by atoms with Crippen LogP contribution in [-0.2, 0) is 10.0 Å². The second kappa shape index (κ2) is 5.75. The van der Waals surface area contributed by atoms with E-state index in [1.807, 2.05) is 19.1 Å². The zero-order chi connectivity index (χ0) is 17.6. The van der Waals surface area contributed by atoms with E-state index in [4.69, 9.17) is 9.66 Å². The maximum atomic E-state index is 11.3. The standard InChI is InChI=1S/C17H16N4O3S/c1-10-13(3-2-8-19-10)16-20-17(24-21-16)15-9-14(15)11-4-6-12(7-5-11)25(18,22)23/h2-8,14-15H,9H2,1H3,(H2,18,22,23)/t14-,15+/m0/s1. The van der Waals surface area contributed by atoms with E-state index in [2.05, 4.69) is 15.1 Å². The quantitative estimate of drug-likeness (QED) is 0.768. The number of hydrogen-bond donors (Lipinski definition) is 1. The number of nitrogens with two attached hydrogens (primary N) is 1. The van der Waals surface area contributed by atoms with Crippen LogP contribution in [0.2, 0.25) is 0 Å². The maximum absolute atomic E-state index is 11.3. The normalized spacial score (nSPS) is 19.8. The van der Waals surface area contributed by atoms with Crippen LogP contribution in [0.4, 0.5) is 0 Å². The highest BCUT2D eigenvalue weighted by atomic mass is 32.2. The lowest BCUT2D eigenvalue weighted by molar-refractivity contribution is 0.378. The molecule has 0 spiro atoms. The molecule has 2 heterocycles. The van der Waals surface area contributed by atoms with Gasteiger partial charge in [-0.25, -0.2) is 13.6 Å². The average molecular weight is 356 g/mol. The minimum absolute atomic E-state index is 0.112. The fourth-order valence-corrected chi connectivity index (χ4v) is 3.47. The number of pyridine rings is 1. The van der Waals surface area contributed by atoms with Crippen molar-refractivity contribution >= 4 is 10.0 Å². The second-order valence-electron chi connectivity index (χ2n) is 6.16. The summed E-state index contributed by atoms with van der Waals surface area (Å²) in [4.78, 5) is 8.85. The van der Waals surface area contributed by atoms with Crippen LogP contribution in [0.1, 0.15) is 35.4 Å². The molecule has 0 radical (unpaired) electrons. The van der Waals surface area contributed by atoms with Gasteiger partial charge in [-0.2, -0.15) is 4.98 Å². The van der Waals surface area contributed by atoms with E-state index in [0.717, 1.165) is 23.2 Å². The molecule has 1 saturated carbocycles. The van der Waals surface area contributed by atoms with Gasteiger partial charge >= 0.3 is 0 Å². The number of aromatic nitrogens is 3. The van der Waals surface area contributed by atoms with Gasteiger partial charge < -0.3 is 4.52 Å². The number of rotatable bonds is 4. The molecule has 8 heteroatoms. The smallest absolute Gasteiger partial charge is 0.238 e. The van der Waals surface area contributed by atoms with E-state index >= 15 is 0 Å². The Kier molecular flexibility index (Phi) is 3.66. The van der Waals surface area contributed by atoms with Crippen molar-refractivity contribution in [1.82, 2.24) is 15.1 Å². The summed E-state index contributed by atoms with van der Waals surface area (Å²) in [6.45, 7) is 1.90. The third-order valence-electron chi connectivity index (χ3n) is 4.43. The third-order valence-corrected chi connectivity index (χ3v) is 5.36. The second-order valence-corrected chi connectivity index (χ2v) is 7.72. The van der Waals surface area contributed by atoms with Crippen LogP contribution in [-0.4, -0.2) is 23.5 Å². The first-order chi connectivity index (χ1) is 11.9. The number of hydrogen-bond acceptors (Lipinski definition) is 6. The van der Waals surface area contributed by atoms with E-state index in [0.29, 0.717) is 11.7 Å². The van der Waals surface area contributed by atoms with Crippen LogP contribution in [0.15, 0.2) is 52.0 Å². The fraction of sp³-hybridized carbons (Fsp3) is 0.235. The van der Waals surface area contributed by atoms with Crippen LogP contribution >= 0.6 is 0 Å². The molecule has 0 bridgehead atoms. The molecule has 2 N–H and O–H groups in total. The van der Waals surface area contributed by atoms with Gasteiger partial charge in [-0.15, -0.1) is 0 Å². The van der Waals surface area contributed by atoms with Gasteiger partial charge in [0.05, 0.1) is 4.90 Å². The number of sulfonamides is 1. The van der Waals surface area contributed by atoms with Crippen molar-refractivity contribution in [2.24, 2.45) is 5.14 Å². The van der Waals surface area contributed by atoms with E-state index in [9.17, 15) is 8.42 Å². The molecule has 0 amide bonds. The van der Waals surface area contributed by atoms with E-state index in [1.54, 1.807) is 18.3 Å². The average Bonchev–Trinajstić information content (AvgIpc) is 3.24. The first kappa shape index (κ1) is 15.9. The van der Waals surface area contributed by atoms with Gasteiger partial charge in [-0.1, -0.05) is 17.3 Å². The van der Waals surface area contributed by atoms with Gasteiger partial charge in [-0.3, -0.25) is 4.98 Å². The fourth-order valence-electron chi connectivity index (χ4n) is 2.96. The summed E-state index contributed by atoms with van der Waals surface area (Å²) < 4.78 is 28.1. The molecule has 0 aliphatic heterocycles. The Balaban J connectivity index is 1.53. The van der Waals surface area contributed by atoms with Crippen LogP contribution in [0.5, 0.6) is 0 Å². The van der Waals surface area contributed by atoms with Crippen molar-refractivity contribution in [3.8, 4) is 11.4 Å². The molecule has 7 nitrogen and oxygen atoms in total. The van der Waals surface area contributed by atoms with E-state index in [1.165, 1.54) is 12.1 Å². The molecular weight excluding hydrogens is 340 g/mol. The molecule has 1 aliphatic rings. The highest BCUT2D eigenvalue weighted by Gasteiger charge is 2.43. The molecule has 0 unspecified atom stereocenters. The third kappa shape index (κ3) is 3.06. The summed E-state index contributed by atoms with van der Waals surface area (Å²) in [5, 5.41) is 9.18. The monoisotopic (exact) mass is 356 g/mol. The van der Waals surface area contributed by atoms with Gasteiger partial charge in [0.1, 0.15) is 0 Å². The molecule has 1 fully saturated rings. The molecule has 128 valence electrons. The Hall–Kier alpha value is -2.58. The van der Waals surface area contributed by atoms with Crippen molar-refractivity contribution in [3.05, 3.63) is 59.7 Å². The van der Waals surface area contributed by atoms with Crippen LogP contribution < -0.4 is 5.14 Å². The predicted octanol–water partition coefficient (Wildman–Crippen LogP) is 2.36. The van der Waals surface area contributed by atoms with Crippen molar-refractivity contribution in [2.75, 3.05) is 0 Å². The summed E-state index contributed by atoms with van der Waals surface area (Å²) in [6.07, 6.45) is 2.62. The van der Waals surface area contributed by atoms with Crippen molar-refractivity contribution in [2.45, 2.75) is 30.1 Å². The summed E-state index contributed by atoms with van der Waals surface area (Å²) in [5.41, 5.74) is 2.74.